The topological polar surface area (TPSA) is 8.17 Å². The lowest BCUT2D eigenvalue weighted by atomic mass is 9.62. The van der Waals surface area contributed by atoms with Gasteiger partial charge in [0.05, 0.1) is 22.1 Å². The summed E-state index contributed by atoms with van der Waals surface area (Å²) in [5.74, 6) is 0. The molecule has 0 amide bonds. The van der Waals surface area contributed by atoms with Gasteiger partial charge in [-0.25, -0.2) is 0 Å². The fourth-order valence-electron chi connectivity index (χ4n) is 12.2. The van der Waals surface area contributed by atoms with Crippen molar-refractivity contribution in [3.05, 3.63) is 240 Å². The third kappa shape index (κ3) is 4.78. The molecule has 0 bridgehead atoms. The van der Waals surface area contributed by atoms with Crippen LogP contribution >= 0.6 is 0 Å². The molecule has 0 radical (unpaired) electrons. The number of fused-ring (bicyclic) bond motifs is 14. The van der Waals surface area contributed by atoms with Crippen LogP contribution in [0.1, 0.15) is 47.2 Å². The van der Waals surface area contributed by atoms with Gasteiger partial charge >= 0.3 is 0 Å². The summed E-state index contributed by atoms with van der Waals surface area (Å²) in [6.45, 7) is 9.88. The van der Waals surface area contributed by atoms with E-state index in [1.165, 1.54) is 93.5 Å². The van der Waals surface area contributed by atoms with Gasteiger partial charge in [-0.15, -0.1) is 0 Å². The van der Waals surface area contributed by atoms with Gasteiger partial charge in [-0.05, 0) is 115 Å². The number of rotatable bonds is 4. The van der Waals surface area contributed by atoms with Crippen LogP contribution in [-0.4, -0.2) is 12.6 Å². The molecule has 1 atom stereocenters. The van der Waals surface area contributed by atoms with E-state index in [0.717, 1.165) is 17.1 Å². The Labute approximate surface area is 370 Å². The van der Waals surface area contributed by atoms with Crippen LogP contribution in [0, 0.1) is 0 Å². The Bertz CT molecular complexity index is 3520. The van der Waals surface area contributed by atoms with Gasteiger partial charge in [-0.3, -0.25) is 0 Å². The maximum Gasteiger partial charge on any atom is 0.113 e. The van der Waals surface area contributed by atoms with E-state index in [0.29, 0.717) is 0 Å². The predicted octanol–water partition coefficient (Wildman–Crippen LogP) is 14.1. The number of hydrogen-bond acceptors (Lipinski definition) is 1. The van der Waals surface area contributed by atoms with Gasteiger partial charge in [0.1, 0.15) is 8.07 Å². The van der Waals surface area contributed by atoms with E-state index in [4.69, 9.17) is 0 Å². The molecule has 10 aromatic rings. The molecule has 63 heavy (non-hydrogen) atoms. The number of hydrogen-bond donors (Lipinski definition) is 0. The highest BCUT2D eigenvalue weighted by atomic mass is 28.3. The quantitative estimate of drug-likeness (QED) is 0.161. The maximum atomic E-state index is 2.59. The predicted molar refractivity (Wildman–Crippen MR) is 267 cm³/mol. The number of anilines is 3. The van der Waals surface area contributed by atoms with Crippen LogP contribution in [0.2, 0.25) is 13.1 Å². The molecule has 300 valence electrons. The molecule has 0 saturated heterocycles. The largest absolute Gasteiger partial charge is 0.310 e. The van der Waals surface area contributed by atoms with Gasteiger partial charge in [0.15, 0.2) is 0 Å². The Balaban J connectivity index is 1.11. The lowest BCUT2D eigenvalue weighted by Crippen LogP contribution is -2.63. The second-order valence-corrected chi connectivity index (χ2v) is 23.2. The smallest absolute Gasteiger partial charge is 0.113 e. The zero-order valence-corrected chi connectivity index (χ0v) is 37.0. The average molecular weight is 823 g/mol. The van der Waals surface area contributed by atoms with Crippen molar-refractivity contribution in [2.24, 2.45) is 0 Å². The van der Waals surface area contributed by atoms with Crippen LogP contribution in [0.5, 0.6) is 0 Å². The van der Waals surface area contributed by atoms with Crippen molar-refractivity contribution < 1.29 is 0 Å². The van der Waals surface area contributed by atoms with Crippen molar-refractivity contribution in [3.8, 4) is 27.9 Å². The highest BCUT2D eigenvalue weighted by molar-refractivity contribution is 7.01. The molecule has 2 nitrogen and oxygen atoms in total. The third-order valence-electron chi connectivity index (χ3n) is 15.0. The Hall–Kier alpha value is -7.20. The fraction of sp³-hybridized carbons (Fsp3) is 0.100. The summed E-state index contributed by atoms with van der Waals surface area (Å²) in [7, 11) is -2.23. The minimum Gasteiger partial charge on any atom is -0.310 e. The van der Waals surface area contributed by atoms with Crippen molar-refractivity contribution in [1.82, 2.24) is 4.57 Å². The molecule has 1 spiro atoms. The summed E-state index contributed by atoms with van der Waals surface area (Å²) in [4.78, 5) is 2.52. The number of nitrogens with zero attached hydrogens (tertiary/aromatic N) is 2. The first-order chi connectivity index (χ1) is 30.8. The van der Waals surface area contributed by atoms with Crippen LogP contribution in [0.25, 0.3) is 49.7 Å². The summed E-state index contributed by atoms with van der Waals surface area (Å²) in [6.07, 6.45) is 0. The Morgan fingerprint density at radius 2 is 0.984 bits per heavy atom. The second-order valence-electron chi connectivity index (χ2n) is 18.9. The van der Waals surface area contributed by atoms with Crippen LogP contribution in [0.15, 0.2) is 206 Å². The molecule has 3 heteroatoms. The van der Waals surface area contributed by atoms with Gasteiger partial charge in [0.25, 0.3) is 0 Å². The van der Waals surface area contributed by atoms with Crippen molar-refractivity contribution >= 4 is 57.3 Å². The van der Waals surface area contributed by atoms with E-state index < -0.39 is 13.5 Å². The number of benzene rings is 9. The molecule has 1 aromatic heterocycles. The summed E-state index contributed by atoms with van der Waals surface area (Å²) in [5, 5.41) is 5.60. The van der Waals surface area contributed by atoms with Gasteiger partial charge in [0.2, 0.25) is 0 Å². The first-order valence-electron chi connectivity index (χ1n) is 22.4. The normalized spacial score (nSPS) is 16.9. The zero-order valence-electron chi connectivity index (χ0n) is 36.0. The molecule has 3 aliphatic rings. The number of aromatic nitrogens is 1. The summed E-state index contributed by atoms with van der Waals surface area (Å²) in [5.41, 5.74) is 19.9. The highest BCUT2D eigenvalue weighted by Crippen LogP contribution is 2.56. The molecule has 3 heterocycles. The molecule has 0 fully saturated rings. The van der Waals surface area contributed by atoms with Crippen LogP contribution in [0.3, 0.4) is 0 Å². The van der Waals surface area contributed by atoms with Crippen LogP contribution < -0.4 is 15.3 Å². The summed E-state index contributed by atoms with van der Waals surface area (Å²) < 4.78 is 2.55. The van der Waals surface area contributed by atoms with Gasteiger partial charge in [-0.1, -0.05) is 185 Å². The fourth-order valence-corrected chi connectivity index (χ4v) is 15.3. The van der Waals surface area contributed by atoms with Gasteiger partial charge < -0.3 is 9.47 Å². The Morgan fingerprint density at radius 3 is 1.81 bits per heavy atom. The highest BCUT2D eigenvalue weighted by Gasteiger charge is 2.53. The lowest BCUT2D eigenvalue weighted by molar-refractivity contribution is 0.660. The third-order valence-corrected chi connectivity index (χ3v) is 18.6. The van der Waals surface area contributed by atoms with E-state index in [1.807, 2.05) is 0 Å². The zero-order chi connectivity index (χ0) is 42.2. The monoisotopic (exact) mass is 822 g/mol. The Kier molecular flexibility index (Phi) is 7.47. The lowest BCUT2D eigenvalue weighted by Gasteiger charge is -2.50. The number of para-hydroxylation sites is 3. The van der Waals surface area contributed by atoms with Crippen molar-refractivity contribution in [3.63, 3.8) is 0 Å². The van der Waals surface area contributed by atoms with E-state index in [2.05, 4.69) is 243 Å². The molecular formula is C60H46N2Si. The van der Waals surface area contributed by atoms with Crippen molar-refractivity contribution in [1.29, 1.82) is 0 Å². The van der Waals surface area contributed by atoms with Crippen LogP contribution in [0.4, 0.5) is 17.1 Å². The van der Waals surface area contributed by atoms with E-state index in [1.54, 1.807) is 0 Å². The first-order valence-corrected chi connectivity index (χ1v) is 25.4. The second kappa shape index (κ2) is 12.9. The van der Waals surface area contributed by atoms with Gasteiger partial charge in [0, 0.05) is 33.2 Å². The standard InChI is InChI=1S/C60H46N2Si/c1-59(2)48-22-10-8-19-44(48)45-35-33-42(37-52(45)59)61(41-31-29-40(30-32-41)39-17-6-5-7-18-39)43-34-36-57-53(38-43)60(50-24-12-15-28-56(50)63(57,3)4)49-23-11-14-27-55(49)62-54-26-13-9-20-46(54)47-21-16-25-51(60)58(47)62/h5-38H,1-4H3. The molecule has 1 unspecified atom stereocenters. The van der Waals surface area contributed by atoms with Gasteiger partial charge in [-0.2, -0.15) is 0 Å². The minimum atomic E-state index is -2.23. The maximum absolute atomic E-state index is 2.59. The van der Waals surface area contributed by atoms with E-state index >= 15 is 0 Å². The molecule has 9 aromatic carbocycles. The Morgan fingerprint density at radius 1 is 0.413 bits per heavy atom. The molecule has 0 saturated carbocycles. The minimum absolute atomic E-state index is 0.132. The first kappa shape index (κ1) is 36.5. The van der Waals surface area contributed by atoms with Crippen molar-refractivity contribution in [2.75, 3.05) is 4.90 Å². The molecule has 0 N–H and O–H groups in total. The SMILES string of the molecule is CC1(C)c2ccccc2-c2ccc(N(c3ccc(-c4ccccc4)cc3)c3ccc4c(c3)C3(c5ccccc5-n5c6ccccc6c6cccc3c65)c3ccccc3[Si]4(C)C)cc21. The van der Waals surface area contributed by atoms with Crippen molar-refractivity contribution in [2.45, 2.75) is 37.8 Å². The summed E-state index contributed by atoms with van der Waals surface area (Å²) in [6, 6.07) is 78.3. The van der Waals surface area contributed by atoms with E-state index in [-0.39, 0.29) is 5.41 Å². The summed E-state index contributed by atoms with van der Waals surface area (Å²) >= 11 is 0. The van der Waals surface area contributed by atoms with E-state index in [9.17, 15) is 0 Å². The average Bonchev–Trinajstić information content (AvgIpc) is 3.78. The molecule has 13 rings (SSSR count). The molecule has 1 aliphatic carbocycles. The molecular weight excluding hydrogens is 777 g/mol. The van der Waals surface area contributed by atoms with Crippen LogP contribution in [-0.2, 0) is 10.8 Å². The molecule has 2 aliphatic heterocycles.